The SMILES string of the molecule is Cn1c2nc(CC3=CCC=N3)sc2c2cnn(Cc3ncsc3Cl)c(=O)c21. The van der Waals surface area contributed by atoms with Crippen molar-refractivity contribution in [2.45, 2.75) is 19.4 Å². The number of aromatic nitrogens is 5. The van der Waals surface area contributed by atoms with Crippen molar-refractivity contribution < 1.29 is 0 Å². The first-order valence-electron chi connectivity index (χ1n) is 8.25. The smallest absolute Gasteiger partial charge is 0.291 e. The summed E-state index contributed by atoms with van der Waals surface area (Å²) in [5.74, 6) is 0. The molecule has 10 heteroatoms. The van der Waals surface area contributed by atoms with Crippen molar-refractivity contribution >= 4 is 61.7 Å². The van der Waals surface area contributed by atoms with Gasteiger partial charge in [-0.15, -0.1) is 22.7 Å². The molecule has 27 heavy (non-hydrogen) atoms. The predicted molar refractivity (Wildman–Crippen MR) is 109 cm³/mol. The van der Waals surface area contributed by atoms with Gasteiger partial charge in [0, 0.05) is 37.2 Å². The van der Waals surface area contributed by atoms with Crippen molar-refractivity contribution in [1.29, 1.82) is 0 Å². The molecule has 1 aliphatic heterocycles. The standard InChI is InChI=1S/C17H13ClN6OS2/c1-23-13-10(6-21-24(17(13)25)7-11-15(18)26-8-20-11)14-16(23)22-12(27-14)5-9-3-2-4-19-9/h3-4,6,8H,2,5,7H2,1H3. The predicted octanol–water partition coefficient (Wildman–Crippen LogP) is 3.40. The van der Waals surface area contributed by atoms with Crippen LogP contribution in [0.3, 0.4) is 0 Å². The van der Waals surface area contributed by atoms with Crippen LogP contribution in [0.1, 0.15) is 17.1 Å². The third kappa shape index (κ3) is 2.73. The lowest BCUT2D eigenvalue weighted by Gasteiger charge is -2.04. The molecule has 0 fully saturated rings. The van der Waals surface area contributed by atoms with E-state index in [-0.39, 0.29) is 12.1 Å². The minimum absolute atomic E-state index is 0.172. The topological polar surface area (TPSA) is 78.0 Å². The number of thiazole rings is 2. The van der Waals surface area contributed by atoms with Crippen LogP contribution in [0.5, 0.6) is 0 Å². The second kappa shape index (κ2) is 6.36. The first-order valence-corrected chi connectivity index (χ1v) is 10.3. The van der Waals surface area contributed by atoms with Gasteiger partial charge < -0.3 is 4.57 Å². The van der Waals surface area contributed by atoms with E-state index in [0.717, 1.165) is 32.9 Å². The van der Waals surface area contributed by atoms with E-state index in [1.807, 2.05) is 17.8 Å². The highest BCUT2D eigenvalue weighted by Gasteiger charge is 2.19. The zero-order valence-electron chi connectivity index (χ0n) is 14.2. The summed E-state index contributed by atoms with van der Waals surface area (Å²) in [6.45, 7) is 0.251. The van der Waals surface area contributed by atoms with Crippen molar-refractivity contribution in [3.05, 3.63) is 48.9 Å². The maximum Gasteiger partial charge on any atom is 0.291 e. The summed E-state index contributed by atoms with van der Waals surface area (Å²) in [7, 11) is 1.86. The summed E-state index contributed by atoms with van der Waals surface area (Å²) in [6, 6.07) is 0. The fourth-order valence-electron chi connectivity index (χ4n) is 3.20. The first kappa shape index (κ1) is 16.8. The van der Waals surface area contributed by atoms with E-state index in [1.165, 1.54) is 16.0 Å². The molecule has 0 spiro atoms. The van der Waals surface area contributed by atoms with Crippen LogP contribution in [0.25, 0.3) is 21.3 Å². The van der Waals surface area contributed by atoms with Crippen LogP contribution >= 0.6 is 34.3 Å². The molecule has 0 atom stereocenters. The molecule has 0 saturated carbocycles. The summed E-state index contributed by atoms with van der Waals surface area (Å²) in [4.78, 5) is 26.3. The van der Waals surface area contributed by atoms with Crippen LogP contribution in [0.4, 0.5) is 0 Å². The van der Waals surface area contributed by atoms with Gasteiger partial charge in [0.15, 0.2) is 5.65 Å². The van der Waals surface area contributed by atoms with Gasteiger partial charge in [-0.25, -0.2) is 14.6 Å². The van der Waals surface area contributed by atoms with Crippen molar-refractivity contribution in [2.75, 3.05) is 0 Å². The Morgan fingerprint density at radius 3 is 3.00 bits per heavy atom. The van der Waals surface area contributed by atoms with Crippen molar-refractivity contribution in [2.24, 2.45) is 12.0 Å². The van der Waals surface area contributed by atoms with Crippen LogP contribution in [0.15, 0.2) is 33.3 Å². The summed E-state index contributed by atoms with van der Waals surface area (Å²) in [6.07, 6.45) is 7.33. The quantitative estimate of drug-likeness (QED) is 0.510. The number of hydrogen-bond acceptors (Lipinski definition) is 7. The monoisotopic (exact) mass is 416 g/mol. The molecule has 1 aliphatic rings. The molecule has 136 valence electrons. The van der Waals surface area contributed by atoms with Crippen molar-refractivity contribution in [3.63, 3.8) is 0 Å². The molecule has 4 aromatic rings. The fraction of sp³-hybridized carbons (Fsp3) is 0.235. The molecule has 5 heterocycles. The molecule has 0 radical (unpaired) electrons. The molecule has 7 nitrogen and oxygen atoms in total. The molecular weight excluding hydrogens is 404 g/mol. The minimum atomic E-state index is -0.172. The lowest BCUT2D eigenvalue weighted by atomic mass is 10.3. The highest BCUT2D eigenvalue weighted by Crippen LogP contribution is 2.32. The van der Waals surface area contributed by atoms with E-state index in [2.05, 4.69) is 21.2 Å². The van der Waals surface area contributed by atoms with Gasteiger partial charge in [0.25, 0.3) is 5.56 Å². The maximum absolute atomic E-state index is 13.0. The van der Waals surface area contributed by atoms with Crippen molar-refractivity contribution in [3.8, 4) is 0 Å². The highest BCUT2D eigenvalue weighted by molar-refractivity contribution is 7.19. The van der Waals surface area contributed by atoms with E-state index in [9.17, 15) is 4.79 Å². The van der Waals surface area contributed by atoms with E-state index >= 15 is 0 Å². The molecule has 4 aromatic heterocycles. The van der Waals surface area contributed by atoms with Gasteiger partial charge in [0.05, 0.1) is 28.6 Å². The molecule has 0 N–H and O–H groups in total. The Morgan fingerprint density at radius 2 is 2.26 bits per heavy atom. The molecule has 0 saturated heterocycles. The van der Waals surface area contributed by atoms with Crippen LogP contribution < -0.4 is 5.56 Å². The fourth-order valence-corrected chi connectivity index (χ4v) is 5.08. The Bertz CT molecular complexity index is 1310. The number of hydrogen-bond donors (Lipinski definition) is 0. The Balaban J connectivity index is 1.60. The summed E-state index contributed by atoms with van der Waals surface area (Å²) >= 11 is 9.04. The largest absolute Gasteiger partial charge is 0.323 e. The summed E-state index contributed by atoms with van der Waals surface area (Å²) < 4.78 is 4.80. The van der Waals surface area contributed by atoms with E-state index in [4.69, 9.17) is 16.6 Å². The Labute approximate surface area is 166 Å². The zero-order valence-corrected chi connectivity index (χ0v) is 16.6. The van der Waals surface area contributed by atoms with Gasteiger partial charge in [-0.05, 0) is 0 Å². The second-order valence-corrected chi connectivity index (χ2v) is 8.72. The molecule has 0 unspecified atom stereocenters. The number of fused-ring (bicyclic) bond motifs is 3. The van der Waals surface area contributed by atoms with E-state index in [1.54, 1.807) is 23.0 Å². The molecular formula is C17H13ClN6OS2. The van der Waals surface area contributed by atoms with E-state index < -0.39 is 0 Å². The van der Waals surface area contributed by atoms with Gasteiger partial charge >= 0.3 is 0 Å². The van der Waals surface area contributed by atoms with Gasteiger partial charge in [0.1, 0.15) is 14.9 Å². The third-order valence-electron chi connectivity index (χ3n) is 4.51. The molecule has 0 aromatic carbocycles. The van der Waals surface area contributed by atoms with E-state index in [0.29, 0.717) is 22.0 Å². The molecule has 0 amide bonds. The lowest BCUT2D eigenvalue weighted by Crippen LogP contribution is -2.24. The number of allylic oxidation sites excluding steroid dienone is 2. The Kier molecular flexibility index (Phi) is 3.96. The first-order chi connectivity index (χ1) is 13.1. The Morgan fingerprint density at radius 1 is 1.37 bits per heavy atom. The Hall–Kier alpha value is -2.36. The number of nitrogens with zero attached hydrogens (tertiary/aromatic N) is 6. The average molecular weight is 417 g/mol. The second-order valence-electron chi connectivity index (χ2n) is 6.18. The highest BCUT2D eigenvalue weighted by atomic mass is 35.5. The normalized spacial score (nSPS) is 13.9. The van der Waals surface area contributed by atoms with Crippen LogP contribution in [0.2, 0.25) is 4.34 Å². The number of rotatable bonds is 4. The average Bonchev–Trinajstić information content (AvgIpc) is 3.41. The van der Waals surface area contributed by atoms with Crippen LogP contribution in [-0.4, -0.2) is 30.5 Å². The molecule has 0 bridgehead atoms. The summed E-state index contributed by atoms with van der Waals surface area (Å²) in [5.41, 5.74) is 4.57. The number of aryl methyl sites for hydroxylation is 1. The zero-order chi connectivity index (χ0) is 18.5. The molecule has 5 rings (SSSR count). The van der Waals surface area contributed by atoms with Gasteiger partial charge in [-0.3, -0.25) is 9.79 Å². The van der Waals surface area contributed by atoms with Gasteiger partial charge in [-0.2, -0.15) is 5.10 Å². The van der Waals surface area contributed by atoms with Crippen LogP contribution in [0, 0.1) is 0 Å². The summed E-state index contributed by atoms with van der Waals surface area (Å²) in [5, 5.41) is 6.15. The number of halogens is 1. The minimum Gasteiger partial charge on any atom is -0.323 e. The molecule has 0 aliphatic carbocycles. The van der Waals surface area contributed by atoms with Gasteiger partial charge in [-0.1, -0.05) is 17.7 Å². The number of aliphatic imine (C=N–C) groups is 1. The third-order valence-corrected chi connectivity index (χ3v) is 6.73. The van der Waals surface area contributed by atoms with Gasteiger partial charge in [0.2, 0.25) is 0 Å². The maximum atomic E-state index is 13.0. The van der Waals surface area contributed by atoms with Crippen molar-refractivity contribution in [1.82, 2.24) is 24.3 Å². The van der Waals surface area contributed by atoms with Crippen LogP contribution in [-0.2, 0) is 20.0 Å². The lowest BCUT2D eigenvalue weighted by molar-refractivity contribution is 0.635.